The van der Waals surface area contributed by atoms with E-state index in [0.29, 0.717) is 0 Å². The van der Waals surface area contributed by atoms with Gasteiger partial charge in [-0.05, 0) is 14.1 Å². The molecule has 0 heterocycles. The third kappa shape index (κ3) is 10.9. The van der Waals surface area contributed by atoms with Crippen molar-refractivity contribution in [2.45, 2.75) is 0 Å². The third-order valence-corrected chi connectivity index (χ3v) is 0.547. The van der Waals surface area contributed by atoms with E-state index in [9.17, 15) is 0 Å². The van der Waals surface area contributed by atoms with E-state index in [-0.39, 0.29) is 36.2 Å². The van der Waals surface area contributed by atoms with Gasteiger partial charge in [-0.15, -0.1) is 0 Å². The predicted molar refractivity (Wildman–Crippen MR) is 32.8 cm³/mol. The Morgan fingerprint density at radius 2 is 1.86 bits per heavy atom. The molecule has 0 aliphatic carbocycles. The molecule has 0 aromatic heterocycles. The SMILES string of the molecule is CN(C)CCO.[NaH]. The Labute approximate surface area is 66.8 Å². The third-order valence-electron chi connectivity index (χ3n) is 0.547. The van der Waals surface area contributed by atoms with E-state index in [4.69, 9.17) is 5.11 Å². The van der Waals surface area contributed by atoms with Gasteiger partial charge in [0, 0.05) is 6.54 Å². The second-order valence-electron chi connectivity index (χ2n) is 1.53. The molecule has 0 bridgehead atoms. The molecule has 40 valence electrons. The summed E-state index contributed by atoms with van der Waals surface area (Å²) in [6.07, 6.45) is 0. The van der Waals surface area contributed by atoms with Gasteiger partial charge in [-0.25, -0.2) is 0 Å². The van der Waals surface area contributed by atoms with Gasteiger partial charge in [0.1, 0.15) is 0 Å². The van der Waals surface area contributed by atoms with Crippen LogP contribution in [0.5, 0.6) is 0 Å². The van der Waals surface area contributed by atoms with Crippen LogP contribution in [0, 0.1) is 0 Å². The van der Waals surface area contributed by atoms with Gasteiger partial charge in [-0.3, -0.25) is 0 Å². The maximum absolute atomic E-state index is 8.20. The molecule has 0 aromatic rings. The summed E-state index contributed by atoms with van der Waals surface area (Å²) in [5, 5.41) is 8.20. The Hall–Kier alpha value is 0.920. The molecular formula is C4H12NNaO. The van der Waals surface area contributed by atoms with Gasteiger partial charge >= 0.3 is 29.6 Å². The van der Waals surface area contributed by atoms with E-state index in [0.717, 1.165) is 6.54 Å². The number of rotatable bonds is 2. The summed E-state index contributed by atoms with van der Waals surface area (Å²) in [6.45, 7) is 1.02. The van der Waals surface area contributed by atoms with Crippen molar-refractivity contribution in [1.82, 2.24) is 4.90 Å². The van der Waals surface area contributed by atoms with Crippen LogP contribution in [0.4, 0.5) is 0 Å². The zero-order valence-corrected chi connectivity index (χ0v) is 4.31. The van der Waals surface area contributed by atoms with E-state index in [1.54, 1.807) is 0 Å². The van der Waals surface area contributed by atoms with Crippen LogP contribution in [-0.4, -0.2) is 66.8 Å². The molecule has 0 aliphatic heterocycles. The fraction of sp³-hybridized carbons (Fsp3) is 1.00. The van der Waals surface area contributed by atoms with Gasteiger partial charge in [0.2, 0.25) is 0 Å². The Kier molecular flexibility index (Phi) is 10.7. The van der Waals surface area contributed by atoms with Gasteiger partial charge in [-0.1, -0.05) is 0 Å². The van der Waals surface area contributed by atoms with Crippen LogP contribution in [-0.2, 0) is 0 Å². The monoisotopic (exact) mass is 113 g/mol. The minimum atomic E-state index is 0. The van der Waals surface area contributed by atoms with Gasteiger partial charge in [-0.2, -0.15) is 0 Å². The van der Waals surface area contributed by atoms with Crippen LogP contribution in [0.2, 0.25) is 0 Å². The molecule has 0 aliphatic rings. The number of likely N-dealkylation sites (N-methyl/N-ethyl adjacent to an activating group) is 1. The van der Waals surface area contributed by atoms with Gasteiger partial charge in [0.15, 0.2) is 0 Å². The Balaban J connectivity index is 0. The van der Waals surface area contributed by atoms with Crippen molar-refractivity contribution in [3.8, 4) is 0 Å². The van der Waals surface area contributed by atoms with Gasteiger partial charge < -0.3 is 10.0 Å². The zero-order chi connectivity index (χ0) is 4.99. The van der Waals surface area contributed by atoms with E-state index in [1.807, 2.05) is 19.0 Å². The van der Waals surface area contributed by atoms with Crippen LogP contribution in [0.3, 0.4) is 0 Å². The first-order valence-corrected chi connectivity index (χ1v) is 2.03. The molecule has 0 unspecified atom stereocenters. The average molecular weight is 113 g/mol. The molecule has 0 aromatic carbocycles. The zero-order valence-electron chi connectivity index (χ0n) is 4.31. The first kappa shape index (κ1) is 10.8. The molecular weight excluding hydrogens is 101 g/mol. The fourth-order valence-electron chi connectivity index (χ4n) is 0.200. The number of aliphatic hydroxyl groups is 1. The van der Waals surface area contributed by atoms with Crippen molar-refractivity contribution in [3.63, 3.8) is 0 Å². The van der Waals surface area contributed by atoms with Crippen molar-refractivity contribution in [2.24, 2.45) is 0 Å². The molecule has 0 atom stereocenters. The summed E-state index contributed by atoms with van der Waals surface area (Å²) < 4.78 is 0. The molecule has 0 saturated carbocycles. The van der Waals surface area contributed by atoms with Crippen LogP contribution in [0.1, 0.15) is 0 Å². The molecule has 3 heteroatoms. The van der Waals surface area contributed by atoms with E-state index < -0.39 is 0 Å². The quantitative estimate of drug-likeness (QED) is 0.459. The molecule has 0 saturated heterocycles. The first-order valence-electron chi connectivity index (χ1n) is 2.03. The maximum atomic E-state index is 8.20. The van der Waals surface area contributed by atoms with Crippen molar-refractivity contribution < 1.29 is 5.11 Å². The van der Waals surface area contributed by atoms with Crippen LogP contribution < -0.4 is 0 Å². The van der Waals surface area contributed by atoms with Crippen molar-refractivity contribution in [1.29, 1.82) is 0 Å². The number of nitrogens with zero attached hydrogens (tertiary/aromatic N) is 1. The Bertz CT molecular complexity index is 32.9. The molecule has 7 heavy (non-hydrogen) atoms. The Morgan fingerprint density at radius 3 is 1.86 bits per heavy atom. The topological polar surface area (TPSA) is 23.5 Å². The van der Waals surface area contributed by atoms with Crippen molar-refractivity contribution in [3.05, 3.63) is 0 Å². The van der Waals surface area contributed by atoms with Crippen LogP contribution in [0.25, 0.3) is 0 Å². The summed E-state index contributed by atoms with van der Waals surface area (Å²) in [6, 6.07) is 0. The molecule has 2 nitrogen and oxygen atoms in total. The summed E-state index contributed by atoms with van der Waals surface area (Å²) in [5.41, 5.74) is 0. The summed E-state index contributed by atoms with van der Waals surface area (Å²) >= 11 is 0. The molecule has 0 rings (SSSR count). The van der Waals surface area contributed by atoms with E-state index in [1.165, 1.54) is 0 Å². The summed E-state index contributed by atoms with van der Waals surface area (Å²) in [4.78, 5) is 1.93. The van der Waals surface area contributed by atoms with Crippen molar-refractivity contribution in [2.75, 3.05) is 27.2 Å². The first-order chi connectivity index (χ1) is 2.77. The Morgan fingerprint density at radius 1 is 1.43 bits per heavy atom. The predicted octanol–water partition coefficient (Wildman–Crippen LogP) is -1.11. The molecule has 1 N–H and O–H groups in total. The standard InChI is InChI=1S/C4H11NO.Na.H/c1-5(2)3-4-6;;/h6H,3-4H2,1-2H3;;. The number of aliphatic hydroxyl groups excluding tert-OH is 1. The van der Waals surface area contributed by atoms with Crippen LogP contribution >= 0.6 is 0 Å². The second-order valence-corrected chi connectivity index (χ2v) is 1.53. The normalized spacial score (nSPS) is 8.57. The second kappa shape index (κ2) is 6.92. The molecule has 0 spiro atoms. The number of hydrogen-bond donors (Lipinski definition) is 1. The number of hydrogen-bond acceptors (Lipinski definition) is 2. The summed E-state index contributed by atoms with van der Waals surface area (Å²) in [7, 11) is 3.85. The summed E-state index contributed by atoms with van der Waals surface area (Å²) in [5.74, 6) is 0. The van der Waals surface area contributed by atoms with E-state index >= 15 is 0 Å². The molecule has 0 radical (unpaired) electrons. The van der Waals surface area contributed by atoms with Crippen molar-refractivity contribution >= 4 is 29.6 Å². The van der Waals surface area contributed by atoms with Gasteiger partial charge in [0.25, 0.3) is 0 Å². The van der Waals surface area contributed by atoms with E-state index in [2.05, 4.69) is 0 Å². The fourth-order valence-corrected chi connectivity index (χ4v) is 0.200. The van der Waals surface area contributed by atoms with Gasteiger partial charge in [0.05, 0.1) is 6.61 Å². The van der Waals surface area contributed by atoms with Crippen LogP contribution in [0.15, 0.2) is 0 Å². The molecule has 0 amide bonds. The minimum absolute atomic E-state index is 0. The molecule has 0 fully saturated rings. The average Bonchev–Trinajstić information content (AvgIpc) is 1.35.